The van der Waals surface area contributed by atoms with Crippen molar-refractivity contribution in [2.75, 3.05) is 10.5 Å². The monoisotopic (exact) mass is 308 g/mol. The molecule has 0 aliphatic carbocycles. The molecule has 0 atom stereocenters. The number of nitrogen functional groups attached to an aromatic ring is 1. The number of aryl methyl sites for hydroxylation is 1. The number of nitrogens with one attached hydrogen (secondary N) is 1. The third kappa shape index (κ3) is 3.08. The van der Waals surface area contributed by atoms with Crippen molar-refractivity contribution in [2.24, 2.45) is 0 Å². The quantitative estimate of drug-likeness (QED) is 0.502. The van der Waals surface area contributed by atoms with Crippen molar-refractivity contribution in [3.63, 3.8) is 0 Å². The van der Waals surface area contributed by atoms with Gasteiger partial charge < -0.3 is 5.73 Å². The molecular formula is C12H12N4O4S. The first kappa shape index (κ1) is 14.7. The van der Waals surface area contributed by atoms with Crippen LogP contribution in [0.4, 0.5) is 17.1 Å². The number of nitro benzene ring substituents is 1. The maximum atomic E-state index is 12.3. The van der Waals surface area contributed by atoms with Gasteiger partial charge in [-0.1, -0.05) is 0 Å². The second-order valence-corrected chi connectivity index (χ2v) is 5.93. The van der Waals surface area contributed by atoms with Gasteiger partial charge in [-0.05, 0) is 24.6 Å². The molecule has 0 saturated carbocycles. The molecule has 9 heteroatoms. The van der Waals surface area contributed by atoms with Crippen LogP contribution in [0.3, 0.4) is 0 Å². The van der Waals surface area contributed by atoms with Crippen molar-refractivity contribution < 1.29 is 13.3 Å². The fraction of sp³-hybridized carbons (Fsp3) is 0.0833. The van der Waals surface area contributed by atoms with E-state index in [2.05, 4.69) is 9.71 Å². The number of nitrogens with two attached hydrogens (primary N) is 1. The fourth-order valence-corrected chi connectivity index (χ4v) is 2.89. The summed E-state index contributed by atoms with van der Waals surface area (Å²) >= 11 is 0. The van der Waals surface area contributed by atoms with Crippen LogP contribution in [0.15, 0.2) is 41.6 Å². The summed E-state index contributed by atoms with van der Waals surface area (Å²) in [6, 6.07) is 4.84. The van der Waals surface area contributed by atoms with Crippen molar-refractivity contribution in [1.82, 2.24) is 4.98 Å². The van der Waals surface area contributed by atoms with Crippen LogP contribution in [0.1, 0.15) is 5.56 Å². The summed E-state index contributed by atoms with van der Waals surface area (Å²) in [6.07, 6.45) is 2.90. The predicted octanol–water partition coefficient (Wildman–Crippen LogP) is 1.68. The lowest BCUT2D eigenvalue weighted by Crippen LogP contribution is -2.15. The molecule has 3 N–H and O–H groups in total. The zero-order valence-electron chi connectivity index (χ0n) is 11.0. The van der Waals surface area contributed by atoms with E-state index in [0.717, 1.165) is 18.2 Å². The summed E-state index contributed by atoms with van der Waals surface area (Å²) in [7, 11) is -3.95. The van der Waals surface area contributed by atoms with Gasteiger partial charge in [0.15, 0.2) is 0 Å². The molecule has 0 radical (unpaired) electrons. The Labute approximate surface area is 120 Å². The lowest BCUT2D eigenvalue weighted by atomic mass is 10.3. The third-order valence-corrected chi connectivity index (χ3v) is 4.22. The molecule has 0 bridgehead atoms. The van der Waals surface area contributed by atoms with E-state index in [9.17, 15) is 18.5 Å². The highest BCUT2D eigenvalue weighted by Gasteiger charge is 2.20. The first-order valence-corrected chi connectivity index (χ1v) is 7.27. The number of rotatable bonds is 4. The second kappa shape index (κ2) is 5.37. The van der Waals surface area contributed by atoms with Gasteiger partial charge in [-0.15, -0.1) is 0 Å². The highest BCUT2D eigenvalue weighted by Crippen LogP contribution is 2.26. The molecule has 0 aliphatic rings. The number of benzene rings is 1. The van der Waals surface area contributed by atoms with Crippen molar-refractivity contribution in [3.8, 4) is 0 Å². The van der Waals surface area contributed by atoms with Gasteiger partial charge in [0.05, 0.1) is 22.5 Å². The summed E-state index contributed by atoms with van der Waals surface area (Å²) in [5, 5.41) is 10.6. The van der Waals surface area contributed by atoms with E-state index < -0.39 is 14.9 Å². The fourth-order valence-electron chi connectivity index (χ4n) is 1.66. The van der Waals surface area contributed by atoms with Gasteiger partial charge >= 0.3 is 0 Å². The molecule has 0 spiro atoms. The molecule has 2 rings (SSSR count). The molecular weight excluding hydrogens is 296 g/mol. The van der Waals surface area contributed by atoms with Crippen molar-refractivity contribution in [2.45, 2.75) is 11.8 Å². The Morgan fingerprint density at radius 2 is 2.05 bits per heavy atom. The Morgan fingerprint density at radius 3 is 2.62 bits per heavy atom. The highest BCUT2D eigenvalue weighted by atomic mass is 32.2. The average Bonchev–Trinajstić information content (AvgIpc) is 2.40. The largest absolute Gasteiger partial charge is 0.397 e. The molecule has 1 aromatic heterocycles. The highest BCUT2D eigenvalue weighted by molar-refractivity contribution is 7.92. The van der Waals surface area contributed by atoms with E-state index in [1.807, 2.05) is 0 Å². The lowest BCUT2D eigenvalue weighted by molar-refractivity contribution is -0.384. The molecule has 110 valence electrons. The first-order chi connectivity index (χ1) is 9.81. The van der Waals surface area contributed by atoms with E-state index in [-0.39, 0.29) is 16.3 Å². The van der Waals surface area contributed by atoms with Crippen LogP contribution in [-0.2, 0) is 10.0 Å². The summed E-state index contributed by atoms with van der Waals surface area (Å²) in [6.45, 7) is 1.72. The minimum absolute atomic E-state index is 0.196. The van der Waals surface area contributed by atoms with Crippen molar-refractivity contribution >= 4 is 27.1 Å². The Bertz CT molecular complexity index is 805. The second-order valence-electron chi connectivity index (χ2n) is 4.28. The predicted molar refractivity (Wildman–Crippen MR) is 77.3 cm³/mol. The molecule has 8 nitrogen and oxygen atoms in total. The Balaban J connectivity index is 2.41. The van der Waals surface area contributed by atoms with Gasteiger partial charge in [-0.3, -0.25) is 19.8 Å². The summed E-state index contributed by atoms with van der Waals surface area (Å²) < 4.78 is 26.9. The number of nitro groups is 1. The summed E-state index contributed by atoms with van der Waals surface area (Å²) in [5.74, 6) is 0. The van der Waals surface area contributed by atoms with E-state index in [0.29, 0.717) is 11.3 Å². The van der Waals surface area contributed by atoms with Gasteiger partial charge in [-0.25, -0.2) is 8.42 Å². The molecule has 0 fully saturated rings. The third-order valence-electron chi connectivity index (χ3n) is 2.78. The SMILES string of the molecule is Cc1ccncc1NS(=O)(=O)c1ccc([N+](=O)[O-])cc1N. The van der Waals surface area contributed by atoms with Gasteiger partial charge in [0.2, 0.25) is 0 Å². The van der Waals surface area contributed by atoms with Crippen molar-refractivity contribution in [3.05, 3.63) is 52.3 Å². The molecule has 0 amide bonds. The van der Waals surface area contributed by atoms with Gasteiger partial charge in [-0.2, -0.15) is 0 Å². The number of non-ortho nitro benzene ring substituents is 1. The van der Waals surface area contributed by atoms with E-state index in [1.54, 1.807) is 13.0 Å². The smallest absolute Gasteiger partial charge is 0.271 e. The maximum absolute atomic E-state index is 12.3. The number of hydrogen-bond acceptors (Lipinski definition) is 6. The summed E-state index contributed by atoms with van der Waals surface area (Å²) in [4.78, 5) is 13.6. The molecule has 21 heavy (non-hydrogen) atoms. The number of pyridine rings is 1. The van der Waals surface area contributed by atoms with E-state index in [1.165, 1.54) is 12.4 Å². The maximum Gasteiger partial charge on any atom is 0.271 e. The summed E-state index contributed by atoms with van der Waals surface area (Å²) in [5.41, 5.74) is 6.13. The van der Waals surface area contributed by atoms with Crippen LogP contribution in [0.5, 0.6) is 0 Å². The van der Waals surface area contributed by atoms with Gasteiger partial charge in [0, 0.05) is 18.3 Å². The van der Waals surface area contributed by atoms with Gasteiger partial charge in [0.25, 0.3) is 15.7 Å². The standard InChI is InChI=1S/C12H12N4O4S/c1-8-4-5-14-7-11(8)15-21(19,20)12-3-2-9(16(17)18)6-10(12)13/h2-7,15H,13H2,1H3. The Morgan fingerprint density at radius 1 is 1.33 bits per heavy atom. The molecule has 2 aromatic rings. The minimum atomic E-state index is -3.95. The molecule has 0 saturated heterocycles. The van der Waals surface area contributed by atoms with Crippen LogP contribution in [0.25, 0.3) is 0 Å². The van der Waals surface area contributed by atoms with Crippen LogP contribution in [-0.4, -0.2) is 18.3 Å². The molecule has 0 aliphatic heterocycles. The van der Waals surface area contributed by atoms with E-state index in [4.69, 9.17) is 5.73 Å². The van der Waals surface area contributed by atoms with Crippen LogP contribution in [0.2, 0.25) is 0 Å². The lowest BCUT2D eigenvalue weighted by Gasteiger charge is -2.11. The zero-order chi connectivity index (χ0) is 15.6. The van der Waals surface area contributed by atoms with Crippen LogP contribution < -0.4 is 10.5 Å². The van der Waals surface area contributed by atoms with Crippen LogP contribution >= 0.6 is 0 Å². The molecule has 1 heterocycles. The Kier molecular flexibility index (Phi) is 3.76. The minimum Gasteiger partial charge on any atom is -0.397 e. The zero-order valence-corrected chi connectivity index (χ0v) is 11.8. The molecule has 1 aromatic carbocycles. The van der Waals surface area contributed by atoms with E-state index >= 15 is 0 Å². The van der Waals surface area contributed by atoms with Crippen molar-refractivity contribution in [1.29, 1.82) is 0 Å². The number of hydrogen-bond donors (Lipinski definition) is 2. The Hall–Kier alpha value is -2.68. The normalized spacial score (nSPS) is 11.1. The topological polar surface area (TPSA) is 128 Å². The first-order valence-electron chi connectivity index (χ1n) is 5.78. The van der Waals surface area contributed by atoms with Crippen LogP contribution in [0, 0.1) is 17.0 Å². The van der Waals surface area contributed by atoms with Gasteiger partial charge in [0.1, 0.15) is 4.90 Å². The number of sulfonamides is 1. The molecule has 0 unspecified atom stereocenters. The number of anilines is 2. The number of nitrogens with zero attached hydrogens (tertiary/aromatic N) is 2. The number of aromatic nitrogens is 1. The average molecular weight is 308 g/mol.